The standard InChI is InChI=1S/C12H20O2/c1-10-6-2-3-8-12(14)11(10)7-4-5-9-13/h4-5,10-11,13H,2-3,6-9H2,1H3/b5-4+/t10-,11+/m1/s1. The van der Waals surface area contributed by atoms with Crippen molar-refractivity contribution in [2.24, 2.45) is 11.8 Å². The topological polar surface area (TPSA) is 37.3 Å². The Labute approximate surface area is 86.0 Å². The van der Waals surface area contributed by atoms with Crippen LogP contribution in [-0.2, 0) is 4.79 Å². The van der Waals surface area contributed by atoms with Crippen LogP contribution in [-0.4, -0.2) is 17.5 Å². The van der Waals surface area contributed by atoms with Crippen molar-refractivity contribution in [2.45, 2.75) is 39.0 Å². The highest BCUT2D eigenvalue weighted by Crippen LogP contribution is 2.28. The number of ketones is 1. The van der Waals surface area contributed by atoms with Crippen molar-refractivity contribution in [2.75, 3.05) is 6.61 Å². The molecule has 1 saturated carbocycles. The number of carbonyl (C=O) groups excluding carboxylic acids is 1. The molecule has 0 heterocycles. The van der Waals surface area contributed by atoms with Crippen LogP contribution < -0.4 is 0 Å². The molecule has 2 atom stereocenters. The first-order valence-corrected chi connectivity index (χ1v) is 5.54. The fourth-order valence-corrected chi connectivity index (χ4v) is 2.15. The lowest BCUT2D eigenvalue weighted by Crippen LogP contribution is -2.19. The normalized spacial score (nSPS) is 29.4. The van der Waals surface area contributed by atoms with Crippen LogP contribution in [0.1, 0.15) is 39.0 Å². The van der Waals surface area contributed by atoms with E-state index in [1.54, 1.807) is 6.08 Å². The van der Waals surface area contributed by atoms with Crippen molar-refractivity contribution in [3.8, 4) is 0 Å². The molecule has 0 spiro atoms. The van der Waals surface area contributed by atoms with Gasteiger partial charge in [-0.1, -0.05) is 25.5 Å². The highest BCUT2D eigenvalue weighted by Gasteiger charge is 2.25. The Bertz CT molecular complexity index is 208. The fourth-order valence-electron chi connectivity index (χ4n) is 2.15. The molecule has 0 aliphatic heterocycles. The summed E-state index contributed by atoms with van der Waals surface area (Å²) in [4.78, 5) is 11.7. The van der Waals surface area contributed by atoms with Crippen LogP contribution in [0.2, 0.25) is 0 Å². The smallest absolute Gasteiger partial charge is 0.136 e. The summed E-state index contributed by atoms with van der Waals surface area (Å²) in [7, 11) is 0. The van der Waals surface area contributed by atoms with E-state index in [2.05, 4.69) is 6.92 Å². The van der Waals surface area contributed by atoms with Crippen molar-refractivity contribution >= 4 is 5.78 Å². The van der Waals surface area contributed by atoms with Crippen molar-refractivity contribution < 1.29 is 9.90 Å². The lowest BCUT2D eigenvalue weighted by Gasteiger charge is -2.18. The Morgan fingerprint density at radius 2 is 2.21 bits per heavy atom. The zero-order chi connectivity index (χ0) is 10.4. The van der Waals surface area contributed by atoms with Crippen LogP contribution in [0, 0.1) is 11.8 Å². The molecule has 0 bridgehead atoms. The second kappa shape index (κ2) is 5.97. The van der Waals surface area contributed by atoms with Gasteiger partial charge in [-0.3, -0.25) is 4.79 Å². The maximum absolute atomic E-state index is 11.7. The van der Waals surface area contributed by atoms with E-state index in [0.29, 0.717) is 11.7 Å². The van der Waals surface area contributed by atoms with Crippen LogP contribution in [0.5, 0.6) is 0 Å². The van der Waals surface area contributed by atoms with Crippen molar-refractivity contribution in [1.29, 1.82) is 0 Å². The molecule has 2 nitrogen and oxygen atoms in total. The molecule has 80 valence electrons. The largest absolute Gasteiger partial charge is 0.392 e. The van der Waals surface area contributed by atoms with Gasteiger partial charge in [-0.15, -0.1) is 0 Å². The number of aliphatic hydroxyl groups excluding tert-OH is 1. The van der Waals surface area contributed by atoms with Gasteiger partial charge in [-0.25, -0.2) is 0 Å². The van der Waals surface area contributed by atoms with Gasteiger partial charge in [0.05, 0.1) is 6.61 Å². The molecule has 0 saturated heterocycles. The molecule has 0 aromatic heterocycles. The van der Waals surface area contributed by atoms with Gasteiger partial charge in [0.15, 0.2) is 0 Å². The Hall–Kier alpha value is -0.630. The first kappa shape index (κ1) is 11.4. The molecule has 0 aromatic carbocycles. The minimum atomic E-state index is 0.0787. The van der Waals surface area contributed by atoms with Gasteiger partial charge in [0.25, 0.3) is 0 Å². The molecule has 0 aromatic rings. The number of hydrogen-bond acceptors (Lipinski definition) is 2. The lowest BCUT2D eigenvalue weighted by molar-refractivity contribution is -0.123. The highest BCUT2D eigenvalue weighted by molar-refractivity contribution is 5.81. The van der Waals surface area contributed by atoms with E-state index in [-0.39, 0.29) is 12.5 Å². The predicted molar refractivity (Wildman–Crippen MR) is 57.0 cm³/mol. The maximum atomic E-state index is 11.7. The van der Waals surface area contributed by atoms with E-state index in [9.17, 15) is 4.79 Å². The van der Waals surface area contributed by atoms with Gasteiger partial charge >= 0.3 is 0 Å². The summed E-state index contributed by atoms with van der Waals surface area (Å²) in [6.45, 7) is 2.25. The summed E-state index contributed by atoms with van der Waals surface area (Å²) in [5.41, 5.74) is 0. The highest BCUT2D eigenvalue weighted by atomic mass is 16.2. The number of hydrogen-bond donors (Lipinski definition) is 1. The Kier molecular flexibility index (Phi) is 4.88. The maximum Gasteiger partial charge on any atom is 0.136 e. The van der Waals surface area contributed by atoms with Gasteiger partial charge in [0, 0.05) is 12.3 Å². The Morgan fingerprint density at radius 1 is 1.43 bits per heavy atom. The van der Waals surface area contributed by atoms with Gasteiger partial charge in [-0.2, -0.15) is 0 Å². The summed E-state index contributed by atoms with van der Waals surface area (Å²) in [5, 5.41) is 8.61. The zero-order valence-corrected chi connectivity index (χ0v) is 8.91. The molecule has 2 heteroatoms. The third-order valence-corrected chi connectivity index (χ3v) is 3.10. The van der Waals surface area contributed by atoms with E-state index in [1.807, 2.05) is 6.08 Å². The lowest BCUT2D eigenvalue weighted by atomic mass is 9.86. The number of Topliss-reactive ketones (excluding diaryl/α,β-unsaturated/α-hetero) is 1. The van der Waals surface area contributed by atoms with Gasteiger partial charge in [0.2, 0.25) is 0 Å². The van der Waals surface area contributed by atoms with E-state index >= 15 is 0 Å². The van der Waals surface area contributed by atoms with Crippen LogP contribution >= 0.6 is 0 Å². The molecule has 1 N–H and O–H groups in total. The van der Waals surface area contributed by atoms with Crippen LogP contribution in [0.3, 0.4) is 0 Å². The Balaban J connectivity index is 2.51. The summed E-state index contributed by atoms with van der Waals surface area (Å²) < 4.78 is 0. The first-order valence-electron chi connectivity index (χ1n) is 5.54. The molecule has 0 radical (unpaired) electrons. The quantitative estimate of drug-likeness (QED) is 0.555. The van der Waals surface area contributed by atoms with E-state index in [4.69, 9.17) is 5.11 Å². The number of allylic oxidation sites excluding steroid dienone is 1. The average Bonchev–Trinajstić information content (AvgIpc) is 2.32. The van der Waals surface area contributed by atoms with E-state index in [0.717, 1.165) is 19.3 Å². The minimum Gasteiger partial charge on any atom is -0.392 e. The second-order valence-corrected chi connectivity index (χ2v) is 4.19. The monoisotopic (exact) mass is 196 g/mol. The summed E-state index contributed by atoms with van der Waals surface area (Å²) in [6, 6.07) is 0. The Morgan fingerprint density at radius 3 is 2.93 bits per heavy atom. The fraction of sp³-hybridized carbons (Fsp3) is 0.750. The van der Waals surface area contributed by atoms with Crippen LogP contribution in [0.15, 0.2) is 12.2 Å². The van der Waals surface area contributed by atoms with Gasteiger partial charge < -0.3 is 5.11 Å². The molecule has 14 heavy (non-hydrogen) atoms. The van der Waals surface area contributed by atoms with Crippen LogP contribution in [0.25, 0.3) is 0 Å². The third-order valence-electron chi connectivity index (χ3n) is 3.10. The predicted octanol–water partition coefficient (Wildman–Crippen LogP) is 2.32. The first-order chi connectivity index (χ1) is 6.75. The van der Waals surface area contributed by atoms with Crippen molar-refractivity contribution in [1.82, 2.24) is 0 Å². The molecule has 1 aliphatic rings. The summed E-state index contributed by atoms with van der Waals surface area (Å²) in [6.07, 6.45) is 8.64. The third kappa shape index (κ3) is 3.26. The number of rotatable bonds is 3. The molecule has 1 rings (SSSR count). The SMILES string of the molecule is C[C@@H]1CCCCC(=O)[C@H]1C/C=C/CO. The molecule has 1 aliphatic carbocycles. The zero-order valence-electron chi connectivity index (χ0n) is 8.91. The summed E-state index contributed by atoms with van der Waals surface area (Å²) in [5.74, 6) is 1.12. The molecule has 0 amide bonds. The molecular formula is C12H20O2. The molecule has 1 fully saturated rings. The van der Waals surface area contributed by atoms with E-state index < -0.39 is 0 Å². The van der Waals surface area contributed by atoms with Crippen molar-refractivity contribution in [3.05, 3.63) is 12.2 Å². The second-order valence-electron chi connectivity index (χ2n) is 4.19. The number of aliphatic hydroxyl groups is 1. The summed E-state index contributed by atoms with van der Waals surface area (Å²) >= 11 is 0. The van der Waals surface area contributed by atoms with Crippen molar-refractivity contribution in [3.63, 3.8) is 0 Å². The molecular weight excluding hydrogens is 176 g/mol. The van der Waals surface area contributed by atoms with Crippen LogP contribution in [0.4, 0.5) is 0 Å². The average molecular weight is 196 g/mol. The molecule has 0 unspecified atom stereocenters. The number of carbonyl (C=O) groups is 1. The van der Waals surface area contributed by atoms with Gasteiger partial charge in [-0.05, 0) is 25.2 Å². The minimum absolute atomic E-state index is 0.0787. The van der Waals surface area contributed by atoms with E-state index in [1.165, 1.54) is 12.8 Å². The van der Waals surface area contributed by atoms with Gasteiger partial charge in [0.1, 0.15) is 5.78 Å².